The van der Waals surface area contributed by atoms with Crippen LogP contribution in [0, 0.1) is 87.3 Å². The average molecular weight is 1090 g/mol. The number of rotatable bonds is 15. The maximum Gasteiger partial charge on any atom is 0.244 e. The van der Waals surface area contributed by atoms with E-state index in [0.29, 0.717) is 16.8 Å². The van der Waals surface area contributed by atoms with Gasteiger partial charge in [-0.15, -0.1) is 22.7 Å². The summed E-state index contributed by atoms with van der Waals surface area (Å²) in [5, 5.41) is 0. The van der Waals surface area contributed by atoms with E-state index in [0.717, 1.165) is 37.6 Å². The second-order valence-electron chi connectivity index (χ2n) is 19.5. The third kappa shape index (κ3) is 12.3. The fraction of sp³-hybridized carbons (Fsp3) is 0.446. The van der Waals surface area contributed by atoms with Crippen molar-refractivity contribution in [3.63, 3.8) is 0 Å². The van der Waals surface area contributed by atoms with Gasteiger partial charge in [0.2, 0.25) is 6.34 Å². The highest BCUT2D eigenvalue weighted by Gasteiger charge is 2.51. The van der Waals surface area contributed by atoms with Gasteiger partial charge in [0.05, 0.1) is 12.6 Å². The van der Waals surface area contributed by atoms with Crippen molar-refractivity contribution in [2.75, 3.05) is 37.9 Å². The Balaban J connectivity index is 0.00000114. The summed E-state index contributed by atoms with van der Waals surface area (Å²) < 4.78 is 250. The number of ether oxygens (including phenoxy) is 2. The Morgan fingerprint density at radius 1 is 0.447 bits per heavy atom. The van der Waals surface area contributed by atoms with Crippen LogP contribution >= 0.6 is 0 Å². The lowest BCUT2D eigenvalue weighted by Crippen LogP contribution is -2.74. The SMILES string of the molecule is CC(C)c1cccc(C(C)C)c1N1C=[N+](c2c(C(C)C)cccc2C(C)C)CCC[C@H]1C[B-](c1c(F)c(F)c(F)c(F)c1F)(c1c(F)c(F)c(F)c(F)c1F)c1c(F)c(F)c(F)c(F)c1F.CCOCC.CCOCC. The first-order chi connectivity index (χ1) is 35.7. The number of hydrogen-bond acceptors (Lipinski definition) is 3. The first-order valence-electron chi connectivity index (χ1n) is 25.2. The molecule has 0 saturated carbocycles. The molecule has 0 bridgehead atoms. The molecule has 418 valence electrons. The Morgan fingerprint density at radius 3 is 0.987 bits per heavy atom. The standard InChI is InChI=1S/C48H44BF15N2.2C4H10O/c1-20(2)25-13-9-14-26(21(3)4)47(25)65-17-11-12-24(66(19-65)48-27(22(5)6)15-10-16-28(48)23(7)8)18-49(29-32(50)38(56)44(62)39(57)33(29)51,30-34(52)40(58)45(63)41(59)35(30)53)31-36(54)42(60)46(64)43(61)37(31)55;2*1-3-5-4-2/h9-10,13-16,19-24H,11-12,17-18H2,1-8H3;2*3-4H2,1-2H3/t24-;;/m0../s1. The molecule has 0 amide bonds. The molecule has 6 rings (SSSR count). The Kier molecular flexibility index (Phi) is 22.2. The van der Waals surface area contributed by atoms with Crippen LogP contribution in [0.5, 0.6) is 0 Å². The molecular weight excluding hydrogens is 1030 g/mol. The molecule has 0 saturated heterocycles. The smallest absolute Gasteiger partial charge is 0.244 e. The molecule has 1 atom stereocenters. The number of hydrogen-bond donors (Lipinski definition) is 0. The molecule has 0 aromatic heterocycles. The van der Waals surface area contributed by atoms with Crippen molar-refractivity contribution in [3.05, 3.63) is 146 Å². The third-order valence-corrected chi connectivity index (χ3v) is 13.5. The lowest BCUT2D eigenvalue weighted by Gasteiger charge is -2.46. The van der Waals surface area contributed by atoms with Crippen molar-refractivity contribution in [1.82, 2.24) is 0 Å². The molecule has 0 fully saturated rings. The second-order valence-corrected chi connectivity index (χ2v) is 19.5. The average Bonchev–Trinajstić information content (AvgIpc) is 3.60. The molecule has 4 nitrogen and oxygen atoms in total. The van der Waals surface area contributed by atoms with Crippen LogP contribution in [0.2, 0.25) is 6.32 Å². The summed E-state index contributed by atoms with van der Waals surface area (Å²) in [6, 6.07) is 8.69. The van der Waals surface area contributed by atoms with Crippen LogP contribution < -0.4 is 21.3 Å². The molecule has 76 heavy (non-hydrogen) atoms. The van der Waals surface area contributed by atoms with Crippen LogP contribution in [-0.4, -0.2) is 56.1 Å². The maximum atomic E-state index is 16.7. The lowest BCUT2D eigenvalue weighted by molar-refractivity contribution is -0.437. The number of para-hydroxylation sites is 2. The lowest BCUT2D eigenvalue weighted by atomic mass is 9.13. The number of nitrogens with zero attached hydrogens (tertiary/aromatic N) is 2. The van der Waals surface area contributed by atoms with E-state index in [4.69, 9.17) is 9.47 Å². The van der Waals surface area contributed by atoms with Crippen molar-refractivity contribution < 1.29 is 79.9 Å². The highest BCUT2D eigenvalue weighted by Crippen LogP contribution is 2.42. The van der Waals surface area contributed by atoms with E-state index < -0.39 is 140 Å². The van der Waals surface area contributed by atoms with Gasteiger partial charge in [-0.1, -0.05) is 91.8 Å². The second kappa shape index (κ2) is 26.7. The molecule has 20 heteroatoms. The summed E-state index contributed by atoms with van der Waals surface area (Å²) in [6.45, 7) is 26.0. The van der Waals surface area contributed by atoms with E-state index in [-0.39, 0.29) is 30.5 Å². The highest BCUT2D eigenvalue weighted by molar-refractivity contribution is 7.11. The van der Waals surface area contributed by atoms with E-state index in [1.54, 1.807) is 50.5 Å². The highest BCUT2D eigenvalue weighted by atomic mass is 19.2. The molecule has 0 radical (unpaired) electrons. The molecule has 0 spiro atoms. The zero-order valence-corrected chi connectivity index (χ0v) is 44.5. The van der Waals surface area contributed by atoms with Crippen molar-refractivity contribution >= 4 is 40.2 Å². The summed E-state index contributed by atoms with van der Waals surface area (Å²) in [4.78, 5) is 1.36. The normalized spacial score (nSPS) is 14.1. The predicted molar refractivity (Wildman–Crippen MR) is 268 cm³/mol. The van der Waals surface area contributed by atoms with E-state index in [2.05, 4.69) is 0 Å². The van der Waals surface area contributed by atoms with Gasteiger partial charge in [0.1, 0.15) is 52.4 Å². The van der Waals surface area contributed by atoms with Crippen LogP contribution in [-0.2, 0) is 9.47 Å². The number of halogens is 15. The Labute approximate surface area is 434 Å². The van der Waals surface area contributed by atoms with Gasteiger partial charge in [0.25, 0.3) is 0 Å². The monoisotopic (exact) mass is 1090 g/mol. The number of anilines is 1. The minimum Gasteiger partial charge on any atom is -0.382 e. The summed E-state index contributed by atoms with van der Waals surface area (Å²) in [5.74, 6) is -46.2. The van der Waals surface area contributed by atoms with Crippen molar-refractivity contribution in [2.45, 2.75) is 132 Å². The molecule has 5 aromatic carbocycles. The summed E-state index contributed by atoms with van der Waals surface area (Å²) in [7, 11) is 0. The maximum absolute atomic E-state index is 16.7. The van der Waals surface area contributed by atoms with Crippen LogP contribution in [0.15, 0.2) is 36.4 Å². The van der Waals surface area contributed by atoms with Crippen LogP contribution in [0.25, 0.3) is 0 Å². The van der Waals surface area contributed by atoms with E-state index in [9.17, 15) is 13.2 Å². The van der Waals surface area contributed by atoms with Gasteiger partial charge in [-0.3, -0.25) is 0 Å². The summed E-state index contributed by atoms with van der Waals surface area (Å²) >= 11 is 0. The molecule has 1 aliphatic rings. The molecule has 1 aliphatic heterocycles. The third-order valence-electron chi connectivity index (χ3n) is 13.5. The predicted octanol–water partition coefficient (Wildman–Crippen LogP) is 14.9. The van der Waals surface area contributed by atoms with Gasteiger partial charge < -0.3 is 9.47 Å². The molecule has 5 aromatic rings. The molecule has 0 N–H and O–H groups in total. The van der Waals surface area contributed by atoms with E-state index in [1.165, 1.54) is 11.2 Å². The quantitative estimate of drug-likeness (QED) is 0.0343. The number of benzene rings is 5. The fourth-order valence-electron chi connectivity index (χ4n) is 10.00. The topological polar surface area (TPSA) is 24.7 Å². The van der Waals surface area contributed by atoms with Gasteiger partial charge in [-0.25, -0.2) is 75.3 Å². The fourth-order valence-corrected chi connectivity index (χ4v) is 10.00. The molecule has 0 unspecified atom stereocenters. The van der Waals surface area contributed by atoms with Crippen LogP contribution in [0.1, 0.15) is 142 Å². The van der Waals surface area contributed by atoms with Gasteiger partial charge in [-0.05, 0) is 64.2 Å². The minimum absolute atomic E-state index is 0.0326. The zero-order chi connectivity index (χ0) is 57.4. The summed E-state index contributed by atoms with van der Waals surface area (Å²) in [5.41, 5.74) is -4.37. The molecular formula is C56H64BF15N2O2. The first-order valence-corrected chi connectivity index (χ1v) is 25.2. The van der Waals surface area contributed by atoms with E-state index in [1.807, 2.05) is 73.6 Å². The molecule has 0 aliphatic carbocycles. The Bertz CT molecular complexity index is 2570. The van der Waals surface area contributed by atoms with Crippen molar-refractivity contribution in [2.24, 2.45) is 0 Å². The zero-order valence-electron chi connectivity index (χ0n) is 44.5. The van der Waals surface area contributed by atoms with Gasteiger partial charge in [0, 0.05) is 48.7 Å². The Morgan fingerprint density at radius 2 is 0.724 bits per heavy atom. The van der Waals surface area contributed by atoms with Crippen molar-refractivity contribution in [3.8, 4) is 0 Å². The van der Waals surface area contributed by atoms with E-state index >= 15 is 52.7 Å². The minimum atomic E-state index is -5.83. The van der Waals surface area contributed by atoms with Crippen LogP contribution in [0.3, 0.4) is 0 Å². The van der Waals surface area contributed by atoms with Gasteiger partial charge in [0.15, 0.2) is 52.4 Å². The van der Waals surface area contributed by atoms with Gasteiger partial charge in [-0.2, -0.15) is 0 Å². The first kappa shape index (κ1) is 63.0. The van der Waals surface area contributed by atoms with Crippen molar-refractivity contribution in [1.29, 1.82) is 0 Å². The van der Waals surface area contributed by atoms with Crippen LogP contribution in [0.4, 0.5) is 77.2 Å². The van der Waals surface area contributed by atoms with Gasteiger partial charge >= 0.3 is 0 Å². The molecule has 1 heterocycles. The largest absolute Gasteiger partial charge is 0.382 e. The summed E-state index contributed by atoms with van der Waals surface area (Å²) in [6.07, 6.45) is -6.69. The Hall–Kier alpha value is -5.50.